The normalized spacial score (nSPS) is 16.2. The Balaban J connectivity index is 2.49. The summed E-state index contributed by atoms with van der Waals surface area (Å²) in [5, 5.41) is 13.9. The lowest BCUT2D eigenvalue weighted by Gasteiger charge is -1.93. The van der Waals surface area contributed by atoms with E-state index >= 15 is 0 Å². The molecule has 0 unspecified atom stereocenters. The molecule has 1 fully saturated rings. The van der Waals surface area contributed by atoms with Crippen molar-refractivity contribution in [2.75, 3.05) is 13.1 Å². The maximum atomic E-state index is 10.00. The molecule has 0 aromatic rings. The van der Waals surface area contributed by atoms with Crippen molar-refractivity contribution < 1.29 is 9.90 Å². The summed E-state index contributed by atoms with van der Waals surface area (Å²) < 4.78 is 0. The van der Waals surface area contributed by atoms with Crippen molar-refractivity contribution in [3.8, 4) is 0 Å². The predicted octanol–water partition coefficient (Wildman–Crippen LogP) is -0.895. The Bertz CT molecular complexity index is 145. The molecule has 4 nitrogen and oxygen atoms in total. The topological polar surface area (TPSA) is 61.4 Å². The average Bonchev–Trinajstić information content (AvgIpc) is 2.15. The Morgan fingerprint density at radius 1 is 1.56 bits per heavy atom. The first-order valence-corrected chi connectivity index (χ1v) is 2.71. The van der Waals surface area contributed by atoms with Crippen molar-refractivity contribution in [1.82, 2.24) is 10.6 Å². The lowest BCUT2D eigenvalue weighted by Crippen LogP contribution is -2.11. The predicted molar refractivity (Wildman–Crippen MR) is 31.7 cm³/mol. The number of carboxylic acid groups (broad SMARTS) is 1. The highest BCUT2D eigenvalue weighted by Gasteiger charge is 2.03. The number of hydrogen-bond donors (Lipinski definition) is 3. The summed E-state index contributed by atoms with van der Waals surface area (Å²) in [5.41, 5.74) is 0. The van der Waals surface area contributed by atoms with Gasteiger partial charge in [-0.1, -0.05) is 0 Å². The van der Waals surface area contributed by atoms with E-state index in [1.807, 2.05) is 0 Å². The molecule has 1 saturated heterocycles. The Morgan fingerprint density at radius 2 is 2.11 bits per heavy atom. The van der Waals surface area contributed by atoms with Gasteiger partial charge in [-0.15, -0.1) is 0 Å². The highest BCUT2D eigenvalue weighted by atomic mass is 16.4. The standard InChI is InChI=1S/C5H8N2O2/c8-5(9)3-4-6-1-2-7-4/h3,6-7H,1-2H2,(H,8,9). The van der Waals surface area contributed by atoms with Gasteiger partial charge in [-0.25, -0.2) is 4.79 Å². The quantitative estimate of drug-likeness (QED) is 0.401. The molecule has 50 valence electrons. The SMILES string of the molecule is O=C(O)C=C1NCCN1. The van der Waals surface area contributed by atoms with Crippen LogP contribution in [0.1, 0.15) is 0 Å². The molecule has 1 aliphatic rings. The van der Waals surface area contributed by atoms with Crippen LogP contribution in [0.2, 0.25) is 0 Å². The third kappa shape index (κ3) is 1.64. The number of carbonyl (C=O) groups is 1. The summed E-state index contributed by atoms with van der Waals surface area (Å²) in [4.78, 5) is 10.00. The van der Waals surface area contributed by atoms with Crippen molar-refractivity contribution in [2.45, 2.75) is 0 Å². The summed E-state index contributed by atoms with van der Waals surface area (Å²) >= 11 is 0. The fourth-order valence-electron chi connectivity index (χ4n) is 0.682. The van der Waals surface area contributed by atoms with E-state index in [-0.39, 0.29) is 0 Å². The molecular weight excluding hydrogens is 120 g/mol. The molecule has 0 aromatic heterocycles. The van der Waals surface area contributed by atoms with E-state index in [1.54, 1.807) is 0 Å². The molecule has 1 aliphatic heterocycles. The number of nitrogens with one attached hydrogen (secondary N) is 2. The van der Waals surface area contributed by atoms with Crippen LogP contribution in [0.4, 0.5) is 0 Å². The van der Waals surface area contributed by atoms with Gasteiger partial charge in [0.1, 0.15) is 5.82 Å². The minimum Gasteiger partial charge on any atom is -0.478 e. The molecule has 0 saturated carbocycles. The van der Waals surface area contributed by atoms with Gasteiger partial charge in [0.15, 0.2) is 0 Å². The van der Waals surface area contributed by atoms with Crippen LogP contribution in [0.25, 0.3) is 0 Å². The van der Waals surface area contributed by atoms with Crippen molar-refractivity contribution in [3.05, 3.63) is 11.9 Å². The molecule has 0 atom stereocenters. The highest BCUT2D eigenvalue weighted by Crippen LogP contribution is 1.87. The first-order valence-electron chi connectivity index (χ1n) is 2.71. The summed E-state index contributed by atoms with van der Waals surface area (Å²) in [6.45, 7) is 1.61. The van der Waals surface area contributed by atoms with E-state index in [0.717, 1.165) is 19.2 Å². The van der Waals surface area contributed by atoms with Crippen LogP contribution in [-0.4, -0.2) is 24.2 Å². The van der Waals surface area contributed by atoms with Gasteiger partial charge in [0.05, 0.1) is 6.08 Å². The van der Waals surface area contributed by atoms with Gasteiger partial charge >= 0.3 is 5.97 Å². The van der Waals surface area contributed by atoms with Gasteiger partial charge in [0.25, 0.3) is 0 Å². The van der Waals surface area contributed by atoms with Gasteiger partial charge in [-0.05, 0) is 0 Å². The van der Waals surface area contributed by atoms with Crippen LogP contribution in [0.5, 0.6) is 0 Å². The van der Waals surface area contributed by atoms with Gasteiger partial charge in [-0.2, -0.15) is 0 Å². The molecule has 0 aliphatic carbocycles. The lowest BCUT2D eigenvalue weighted by atomic mass is 10.5. The van der Waals surface area contributed by atoms with Gasteiger partial charge in [-0.3, -0.25) is 0 Å². The van der Waals surface area contributed by atoms with Crippen molar-refractivity contribution in [1.29, 1.82) is 0 Å². The molecule has 9 heavy (non-hydrogen) atoms. The van der Waals surface area contributed by atoms with Crippen LogP contribution < -0.4 is 10.6 Å². The highest BCUT2D eigenvalue weighted by molar-refractivity contribution is 5.80. The molecule has 0 spiro atoms. The number of hydrogen-bond acceptors (Lipinski definition) is 3. The zero-order valence-corrected chi connectivity index (χ0v) is 4.85. The molecule has 3 N–H and O–H groups in total. The molecule has 1 heterocycles. The van der Waals surface area contributed by atoms with Crippen LogP contribution in [0.15, 0.2) is 11.9 Å². The van der Waals surface area contributed by atoms with E-state index in [0.29, 0.717) is 5.82 Å². The van der Waals surface area contributed by atoms with Crippen LogP contribution in [0.3, 0.4) is 0 Å². The minimum absolute atomic E-state index is 0.600. The van der Waals surface area contributed by atoms with Crippen molar-refractivity contribution in [2.24, 2.45) is 0 Å². The van der Waals surface area contributed by atoms with Gasteiger partial charge in [0.2, 0.25) is 0 Å². The zero-order chi connectivity index (χ0) is 6.69. The summed E-state index contributed by atoms with van der Waals surface area (Å²) in [5.74, 6) is -0.325. The second kappa shape index (κ2) is 2.39. The maximum absolute atomic E-state index is 10.00. The Hall–Kier alpha value is -1.19. The third-order valence-corrected chi connectivity index (χ3v) is 1.02. The minimum atomic E-state index is -0.924. The summed E-state index contributed by atoms with van der Waals surface area (Å²) in [7, 11) is 0. The fourth-order valence-corrected chi connectivity index (χ4v) is 0.682. The maximum Gasteiger partial charge on any atom is 0.331 e. The smallest absolute Gasteiger partial charge is 0.331 e. The molecule has 0 bridgehead atoms. The number of aliphatic carboxylic acids is 1. The van der Waals surface area contributed by atoms with Crippen LogP contribution >= 0.6 is 0 Å². The first-order chi connectivity index (χ1) is 4.29. The Morgan fingerprint density at radius 3 is 2.56 bits per heavy atom. The molecule has 1 rings (SSSR count). The molecule has 0 radical (unpaired) electrons. The molecule has 4 heteroatoms. The van der Waals surface area contributed by atoms with Crippen molar-refractivity contribution >= 4 is 5.97 Å². The van der Waals surface area contributed by atoms with E-state index in [4.69, 9.17) is 5.11 Å². The van der Waals surface area contributed by atoms with E-state index in [9.17, 15) is 4.79 Å². The van der Waals surface area contributed by atoms with E-state index in [2.05, 4.69) is 10.6 Å². The molecule has 0 aromatic carbocycles. The lowest BCUT2D eigenvalue weighted by molar-refractivity contribution is -0.131. The van der Waals surface area contributed by atoms with E-state index in [1.165, 1.54) is 0 Å². The van der Waals surface area contributed by atoms with Gasteiger partial charge < -0.3 is 15.7 Å². The number of carboxylic acids is 1. The fraction of sp³-hybridized carbons (Fsp3) is 0.400. The Labute approximate surface area is 52.6 Å². The largest absolute Gasteiger partial charge is 0.478 e. The molecule has 0 amide bonds. The first kappa shape index (κ1) is 5.94. The molecular formula is C5H8N2O2. The van der Waals surface area contributed by atoms with Crippen LogP contribution in [0, 0.1) is 0 Å². The second-order valence-electron chi connectivity index (χ2n) is 1.75. The summed E-state index contributed by atoms with van der Waals surface area (Å²) in [6, 6.07) is 0. The third-order valence-electron chi connectivity index (χ3n) is 1.02. The van der Waals surface area contributed by atoms with Gasteiger partial charge in [0, 0.05) is 13.1 Å². The summed E-state index contributed by atoms with van der Waals surface area (Å²) in [6.07, 6.45) is 1.12. The van der Waals surface area contributed by atoms with Crippen molar-refractivity contribution in [3.63, 3.8) is 0 Å². The second-order valence-corrected chi connectivity index (χ2v) is 1.75. The van der Waals surface area contributed by atoms with Crippen LogP contribution in [-0.2, 0) is 4.79 Å². The van der Waals surface area contributed by atoms with E-state index < -0.39 is 5.97 Å². The number of rotatable bonds is 1. The average molecular weight is 128 g/mol. The monoisotopic (exact) mass is 128 g/mol. The Kier molecular flexibility index (Phi) is 1.58. The zero-order valence-electron chi connectivity index (χ0n) is 4.85.